The maximum atomic E-state index is 5.88. The van der Waals surface area contributed by atoms with E-state index >= 15 is 0 Å². The lowest BCUT2D eigenvalue weighted by Crippen LogP contribution is -2.24. The fourth-order valence-electron chi connectivity index (χ4n) is 1.25. The van der Waals surface area contributed by atoms with Crippen LogP contribution in [-0.4, -0.2) is 6.04 Å². The summed E-state index contributed by atoms with van der Waals surface area (Å²) in [6, 6.07) is 5.80. The van der Waals surface area contributed by atoms with Crippen molar-refractivity contribution in [3.05, 3.63) is 33.8 Å². The van der Waals surface area contributed by atoms with E-state index in [2.05, 4.69) is 11.2 Å². The van der Waals surface area contributed by atoms with Gasteiger partial charge in [-0.2, -0.15) is 0 Å². The minimum atomic E-state index is 0.299. The Kier molecular flexibility index (Phi) is 4.98. The standard InChI is InChI=1S/C12H13Cl2N/c1-3-4-9(2)15-8-10-5-11(13)7-12(14)6-10/h1,5-7,9,15H,4,8H2,2H3. The van der Waals surface area contributed by atoms with Crippen LogP contribution in [0.25, 0.3) is 0 Å². The van der Waals surface area contributed by atoms with Crippen LogP contribution in [0.1, 0.15) is 18.9 Å². The quantitative estimate of drug-likeness (QED) is 0.797. The van der Waals surface area contributed by atoms with Gasteiger partial charge in [0.15, 0.2) is 0 Å². The second-order valence-electron chi connectivity index (χ2n) is 3.47. The van der Waals surface area contributed by atoms with Crippen molar-refractivity contribution < 1.29 is 0 Å². The van der Waals surface area contributed by atoms with E-state index in [1.54, 1.807) is 6.07 Å². The molecule has 1 N–H and O–H groups in total. The van der Waals surface area contributed by atoms with E-state index in [1.165, 1.54) is 0 Å². The Balaban J connectivity index is 2.54. The van der Waals surface area contributed by atoms with E-state index in [9.17, 15) is 0 Å². The van der Waals surface area contributed by atoms with Crippen LogP contribution in [-0.2, 0) is 6.54 Å². The number of terminal acetylenes is 1. The molecule has 0 aliphatic heterocycles. The van der Waals surface area contributed by atoms with Crippen LogP contribution in [0.2, 0.25) is 10.0 Å². The Hall–Kier alpha value is -0.680. The molecular weight excluding hydrogens is 229 g/mol. The molecule has 0 fully saturated rings. The largest absolute Gasteiger partial charge is 0.309 e. The summed E-state index contributed by atoms with van der Waals surface area (Å²) in [6.45, 7) is 2.77. The SMILES string of the molecule is C#CCC(C)NCc1cc(Cl)cc(Cl)c1. The lowest BCUT2D eigenvalue weighted by molar-refractivity contribution is 0.559. The normalized spacial score (nSPS) is 12.1. The van der Waals surface area contributed by atoms with Gasteiger partial charge in [0.25, 0.3) is 0 Å². The molecular formula is C12H13Cl2N. The molecule has 15 heavy (non-hydrogen) atoms. The predicted octanol–water partition coefficient (Wildman–Crippen LogP) is 3.49. The number of benzene rings is 1. The molecule has 80 valence electrons. The second kappa shape index (κ2) is 6.02. The van der Waals surface area contributed by atoms with Crippen LogP contribution in [0, 0.1) is 12.3 Å². The van der Waals surface area contributed by atoms with Gasteiger partial charge in [0, 0.05) is 29.1 Å². The van der Waals surface area contributed by atoms with E-state index in [4.69, 9.17) is 29.6 Å². The molecule has 0 bridgehead atoms. The number of hydrogen-bond donors (Lipinski definition) is 1. The van der Waals surface area contributed by atoms with Gasteiger partial charge >= 0.3 is 0 Å². The van der Waals surface area contributed by atoms with E-state index in [1.807, 2.05) is 19.1 Å². The summed E-state index contributed by atoms with van der Waals surface area (Å²) in [5.74, 6) is 2.61. The monoisotopic (exact) mass is 241 g/mol. The van der Waals surface area contributed by atoms with Crippen LogP contribution in [0.4, 0.5) is 0 Å². The van der Waals surface area contributed by atoms with Crippen molar-refractivity contribution in [2.24, 2.45) is 0 Å². The minimum absolute atomic E-state index is 0.299. The van der Waals surface area contributed by atoms with Gasteiger partial charge in [-0.1, -0.05) is 23.2 Å². The van der Waals surface area contributed by atoms with Crippen LogP contribution in [0.3, 0.4) is 0 Å². The summed E-state index contributed by atoms with van der Waals surface area (Å²) >= 11 is 11.8. The predicted molar refractivity (Wildman–Crippen MR) is 66.2 cm³/mol. The molecule has 1 rings (SSSR count). The van der Waals surface area contributed by atoms with Crippen molar-refractivity contribution in [2.45, 2.75) is 25.9 Å². The summed E-state index contributed by atoms with van der Waals surface area (Å²) in [6.07, 6.45) is 5.93. The van der Waals surface area contributed by atoms with Crippen molar-refractivity contribution in [1.82, 2.24) is 5.32 Å². The lowest BCUT2D eigenvalue weighted by atomic mass is 10.2. The average molecular weight is 242 g/mol. The van der Waals surface area contributed by atoms with Crippen LogP contribution in [0.5, 0.6) is 0 Å². The second-order valence-corrected chi connectivity index (χ2v) is 4.34. The molecule has 3 heteroatoms. The highest BCUT2D eigenvalue weighted by Gasteiger charge is 2.01. The van der Waals surface area contributed by atoms with E-state index in [0.717, 1.165) is 12.1 Å². The topological polar surface area (TPSA) is 12.0 Å². The van der Waals surface area contributed by atoms with Gasteiger partial charge in [-0.3, -0.25) is 0 Å². The van der Waals surface area contributed by atoms with E-state index in [-0.39, 0.29) is 0 Å². The Morgan fingerprint density at radius 2 is 1.93 bits per heavy atom. The van der Waals surface area contributed by atoms with Gasteiger partial charge in [0.1, 0.15) is 0 Å². The Morgan fingerprint density at radius 1 is 1.33 bits per heavy atom. The summed E-state index contributed by atoms with van der Waals surface area (Å²) < 4.78 is 0. The van der Waals surface area contributed by atoms with Gasteiger partial charge in [0.05, 0.1) is 0 Å². The molecule has 1 aromatic carbocycles. The van der Waals surface area contributed by atoms with Gasteiger partial charge in [-0.25, -0.2) is 0 Å². The summed E-state index contributed by atoms with van der Waals surface area (Å²) in [4.78, 5) is 0. The molecule has 0 aliphatic carbocycles. The third-order valence-corrected chi connectivity index (χ3v) is 2.44. The number of rotatable bonds is 4. The van der Waals surface area contributed by atoms with Gasteiger partial charge in [-0.15, -0.1) is 12.3 Å². The Morgan fingerprint density at radius 3 is 2.47 bits per heavy atom. The molecule has 1 atom stereocenters. The zero-order chi connectivity index (χ0) is 11.3. The summed E-state index contributed by atoms with van der Waals surface area (Å²) in [5, 5.41) is 4.61. The van der Waals surface area contributed by atoms with E-state index in [0.29, 0.717) is 22.5 Å². The zero-order valence-corrected chi connectivity index (χ0v) is 10.1. The maximum absolute atomic E-state index is 5.88. The molecule has 0 amide bonds. The van der Waals surface area contributed by atoms with Crippen molar-refractivity contribution in [3.8, 4) is 12.3 Å². The van der Waals surface area contributed by atoms with Crippen molar-refractivity contribution in [1.29, 1.82) is 0 Å². The first-order chi connectivity index (χ1) is 7.11. The first kappa shape index (κ1) is 12.4. The third kappa shape index (κ3) is 4.57. The fourth-order valence-corrected chi connectivity index (χ4v) is 1.83. The molecule has 0 aromatic heterocycles. The molecule has 1 unspecified atom stereocenters. The highest BCUT2D eigenvalue weighted by molar-refractivity contribution is 6.34. The van der Waals surface area contributed by atoms with Gasteiger partial charge in [-0.05, 0) is 30.7 Å². The fraction of sp³-hybridized carbons (Fsp3) is 0.333. The Bertz CT molecular complexity index is 348. The molecule has 0 heterocycles. The Labute approximate surface area is 101 Å². The lowest BCUT2D eigenvalue weighted by Gasteiger charge is -2.11. The molecule has 0 aliphatic rings. The molecule has 1 nitrogen and oxygen atoms in total. The summed E-state index contributed by atoms with van der Waals surface area (Å²) in [5.41, 5.74) is 1.07. The highest BCUT2D eigenvalue weighted by atomic mass is 35.5. The number of halogens is 2. The van der Waals surface area contributed by atoms with Crippen molar-refractivity contribution in [3.63, 3.8) is 0 Å². The third-order valence-electron chi connectivity index (χ3n) is 2.00. The maximum Gasteiger partial charge on any atom is 0.0424 e. The van der Waals surface area contributed by atoms with Crippen LogP contribution in [0.15, 0.2) is 18.2 Å². The van der Waals surface area contributed by atoms with Crippen molar-refractivity contribution in [2.75, 3.05) is 0 Å². The highest BCUT2D eigenvalue weighted by Crippen LogP contribution is 2.18. The molecule has 0 spiro atoms. The van der Waals surface area contributed by atoms with Gasteiger partial charge < -0.3 is 5.32 Å². The zero-order valence-electron chi connectivity index (χ0n) is 8.56. The van der Waals surface area contributed by atoms with Crippen LogP contribution < -0.4 is 5.32 Å². The minimum Gasteiger partial charge on any atom is -0.309 e. The van der Waals surface area contributed by atoms with E-state index < -0.39 is 0 Å². The van der Waals surface area contributed by atoms with Crippen LogP contribution >= 0.6 is 23.2 Å². The molecule has 0 saturated heterocycles. The molecule has 0 saturated carbocycles. The average Bonchev–Trinajstić information content (AvgIpc) is 2.14. The summed E-state index contributed by atoms with van der Waals surface area (Å²) in [7, 11) is 0. The van der Waals surface area contributed by atoms with Gasteiger partial charge in [0.2, 0.25) is 0 Å². The smallest absolute Gasteiger partial charge is 0.0424 e. The number of hydrogen-bond acceptors (Lipinski definition) is 1. The van der Waals surface area contributed by atoms with Crippen molar-refractivity contribution >= 4 is 23.2 Å². The number of nitrogens with one attached hydrogen (secondary N) is 1. The molecule has 1 aromatic rings. The molecule has 0 radical (unpaired) electrons. The first-order valence-corrected chi connectivity index (χ1v) is 5.49. The first-order valence-electron chi connectivity index (χ1n) is 4.73.